The van der Waals surface area contributed by atoms with Crippen molar-refractivity contribution < 1.29 is 4.84 Å². The predicted octanol–water partition coefficient (Wildman–Crippen LogP) is -1.07. The molecule has 0 radical (unpaired) electrons. The molecular formula is C6H11N3O. The highest BCUT2D eigenvalue weighted by Gasteiger charge is 2.50. The zero-order valence-corrected chi connectivity index (χ0v) is 5.98. The molecule has 0 amide bonds. The molecule has 10 heavy (non-hydrogen) atoms. The van der Waals surface area contributed by atoms with E-state index in [1.54, 1.807) is 7.11 Å². The summed E-state index contributed by atoms with van der Waals surface area (Å²) in [6, 6.07) is 0. The van der Waals surface area contributed by atoms with Gasteiger partial charge in [-0.05, 0) is 0 Å². The number of nitrogens with zero attached hydrogens (tertiary/aromatic N) is 1. The molecule has 2 N–H and O–H groups in total. The monoisotopic (exact) mass is 141 g/mol. The maximum absolute atomic E-state index is 4.71. The summed E-state index contributed by atoms with van der Waals surface area (Å²) in [5.74, 6) is 0. The van der Waals surface area contributed by atoms with E-state index in [0.29, 0.717) is 0 Å². The van der Waals surface area contributed by atoms with Gasteiger partial charge in [-0.2, -0.15) is 0 Å². The Morgan fingerprint density at radius 2 is 2.40 bits per heavy atom. The Bertz CT molecular complexity index is 174. The molecule has 0 aromatic rings. The molecule has 4 heteroatoms. The van der Waals surface area contributed by atoms with Crippen molar-refractivity contribution in [2.75, 3.05) is 26.7 Å². The van der Waals surface area contributed by atoms with Crippen molar-refractivity contribution in [3.05, 3.63) is 0 Å². The van der Waals surface area contributed by atoms with Crippen molar-refractivity contribution in [3.63, 3.8) is 0 Å². The Balaban J connectivity index is 2.14. The lowest BCUT2D eigenvalue weighted by molar-refractivity contribution is 0.212. The van der Waals surface area contributed by atoms with Crippen LogP contribution in [0.1, 0.15) is 0 Å². The van der Waals surface area contributed by atoms with E-state index in [-0.39, 0.29) is 5.54 Å². The van der Waals surface area contributed by atoms with Crippen LogP contribution in [0.4, 0.5) is 0 Å². The van der Waals surface area contributed by atoms with Crippen molar-refractivity contribution in [2.24, 2.45) is 5.16 Å². The minimum Gasteiger partial charge on any atom is -0.399 e. The Hall–Kier alpha value is -0.610. The fourth-order valence-corrected chi connectivity index (χ4v) is 1.33. The summed E-state index contributed by atoms with van der Waals surface area (Å²) in [5.41, 5.74) is 1.28. The van der Waals surface area contributed by atoms with Crippen LogP contribution in [0.25, 0.3) is 0 Å². The fourth-order valence-electron chi connectivity index (χ4n) is 1.33. The topological polar surface area (TPSA) is 55.6 Å². The van der Waals surface area contributed by atoms with E-state index in [4.69, 9.17) is 4.84 Å². The Labute approximate surface area is 59.6 Å². The number of hydrogen-bond acceptors (Lipinski definition) is 4. The molecule has 2 saturated heterocycles. The van der Waals surface area contributed by atoms with Gasteiger partial charge in [0, 0.05) is 19.6 Å². The van der Waals surface area contributed by atoms with Crippen molar-refractivity contribution >= 4 is 5.71 Å². The summed E-state index contributed by atoms with van der Waals surface area (Å²) in [5, 5.41) is 10.4. The molecule has 0 saturated carbocycles. The summed E-state index contributed by atoms with van der Waals surface area (Å²) >= 11 is 0. The molecule has 2 aliphatic rings. The summed E-state index contributed by atoms with van der Waals surface area (Å²) in [6.07, 6.45) is 0. The maximum Gasteiger partial charge on any atom is 0.106 e. The second kappa shape index (κ2) is 1.93. The van der Waals surface area contributed by atoms with Crippen LogP contribution in [0.3, 0.4) is 0 Å². The predicted molar refractivity (Wildman–Crippen MR) is 38.0 cm³/mol. The molecule has 2 heterocycles. The molecule has 0 aromatic heterocycles. The third kappa shape index (κ3) is 0.726. The van der Waals surface area contributed by atoms with Gasteiger partial charge in [0.25, 0.3) is 0 Å². The van der Waals surface area contributed by atoms with Crippen LogP contribution in [0.2, 0.25) is 0 Å². The van der Waals surface area contributed by atoms with Crippen LogP contribution >= 0.6 is 0 Å². The molecule has 56 valence electrons. The largest absolute Gasteiger partial charge is 0.399 e. The molecule has 0 aliphatic carbocycles. The smallest absolute Gasteiger partial charge is 0.106 e. The van der Waals surface area contributed by atoms with E-state index in [1.165, 1.54) is 0 Å². The van der Waals surface area contributed by atoms with Crippen molar-refractivity contribution in [1.82, 2.24) is 10.6 Å². The summed E-state index contributed by atoms with van der Waals surface area (Å²) in [4.78, 5) is 4.71. The first kappa shape index (κ1) is 6.12. The molecule has 1 unspecified atom stereocenters. The molecule has 2 rings (SSSR count). The fraction of sp³-hybridized carbons (Fsp3) is 0.833. The standard InChI is InChI=1S/C6H11N3O/c1-10-9-5-2-7-3-6(5)4-8-6/h7-8H,2-4H2,1H3/b9-5+. The first-order chi connectivity index (χ1) is 4.87. The van der Waals surface area contributed by atoms with Gasteiger partial charge in [0.2, 0.25) is 0 Å². The van der Waals surface area contributed by atoms with Gasteiger partial charge in [0.1, 0.15) is 7.11 Å². The quantitative estimate of drug-likeness (QED) is 0.361. The molecule has 0 aromatic carbocycles. The molecule has 4 nitrogen and oxygen atoms in total. The number of oxime groups is 1. The highest BCUT2D eigenvalue weighted by Crippen LogP contribution is 2.21. The van der Waals surface area contributed by atoms with E-state index in [1.807, 2.05) is 0 Å². The van der Waals surface area contributed by atoms with Gasteiger partial charge >= 0.3 is 0 Å². The van der Waals surface area contributed by atoms with Crippen molar-refractivity contribution in [3.8, 4) is 0 Å². The third-order valence-corrected chi connectivity index (χ3v) is 2.08. The zero-order valence-electron chi connectivity index (χ0n) is 5.98. The molecular weight excluding hydrogens is 130 g/mol. The van der Waals surface area contributed by atoms with Gasteiger partial charge in [0.15, 0.2) is 0 Å². The molecule has 1 atom stereocenters. The van der Waals surface area contributed by atoms with E-state index >= 15 is 0 Å². The Morgan fingerprint density at radius 3 is 3.00 bits per heavy atom. The second-order valence-electron chi connectivity index (χ2n) is 2.76. The van der Waals surface area contributed by atoms with Crippen LogP contribution in [0, 0.1) is 0 Å². The third-order valence-electron chi connectivity index (χ3n) is 2.08. The van der Waals surface area contributed by atoms with Crippen LogP contribution in [0.15, 0.2) is 5.16 Å². The average molecular weight is 141 g/mol. The van der Waals surface area contributed by atoms with Crippen LogP contribution in [0.5, 0.6) is 0 Å². The highest BCUT2D eigenvalue weighted by molar-refractivity contribution is 6.00. The van der Waals surface area contributed by atoms with Gasteiger partial charge in [0.05, 0.1) is 11.3 Å². The summed E-state index contributed by atoms with van der Waals surface area (Å²) in [6.45, 7) is 2.90. The van der Waals surface area contributed by atoms with Crippen LogP contribution in [-0.2, 0) is 4.84 Å². The first-order valence-electron chi connectivity index (χ1n) is 3.44. The Morgan fingerprint density at radius 1 is 1.60 bits per heavy atom. The van der Waals surface area contributed by atoms with Crippen molar-refractivity contribution in [1.29, 1.82) is 0 Å². The average Bonchev–Trinajstić information content (AvgIpc) is 2.57. The van der Waals surface area contributed by atoms with Gasteiger partial charge in [-0.1, -0.05) is 5.16 Å². The zero-order chi connectivity index (χ0) is 7.03. The first-order valence-corrected chi connectivity index (χ1v) is 3.44. The summed E-state index contributed by atoms with van der Waals surface area (Å²) < 4.78 is 0. The molecule has 1 spiro atoms. The lowest BCUT2D eigenvalue weighted by Crippen LogP contribution is -2.26. The van der Waals surface area contributed by atoms with Gasteiger partial charge in [-0.3, -0.25) is 0 Å². The Kier molecular flexibility index (Phi) is 1.18. The van der Waals surface area contributed by atoms with E-state index in [9.17, 15) is 0 Å². The minimum atomic E-state index is 0.177. The minimum absolute atomic E-state index is 0.177. The molecule has 0 bridgehead atoms. The highest BCUT2D eigenvalue weighted by atomic mass is 16.6. The number of hydrogen-bond donors (Lipinski definition) is 2. The van der Waals surface area contributed by atoms with Gasteiger partial charge in [-0.25, -0.2) is 0 Å². The van der Waals surface area contributed by atoms with Crippen molar-refractivity contribution in [2.45, 2.75) is 5.54 Å². The lowest BCUT2D eigenvalue weighted by atomic mass is 10.1. The van der Waals surface area contributed by atoms with Gasteiger partial charge < -0.3 is 15.5 Å². The molecule has 2 aliphatic heterocycles. The van der Waals surface area contributed by atoms with Gasteiger partial charge in [-0.15, -0.1) is 0 Å². The van der Waals surface area contributed by atoms with E-state index < -0.39 is 0 Å². The number of nitrogens with one attached hydrogen (secondary N) is 2. The number of rotatable bonds is 1. The lowest BCUT2D eigenvalue weighted by Gasteiger charge is -2.01. The van der Waals surface area contributed by atoms with Crippen LogP contribution in [-0.4, -0.2) is 38.0 Å². The van der Waals surface area contributed by atoms with E-state index in [2.05, 4.69) is 15.8 Å². The maximum atomic E-state index is 4.71. The normalized spacial score (nSPS) is 41.1. The molecule has 2 fully saturated rings. The SMILES string of the molecule is CO/N=C1\CNCC12CN2. The van der Waals surface area contributed by atoms with Crippen LogP contribution < -0.4 is 10.6 Å². The summed E-state index contributed by atoms with van der Waals surface area (Å²) in [7, 11) is 1.58. The van der Waals surface area contributed by atoms with E-state index in [0.717, 1.165) is 25.3 Å². The second-order valence-corrected chi connectivity index (χ2v) is 2.76.